The smallest absolute Gasteiger partial charge is 0.187 e. The first kappa shape index (κ1) is 22.7. The second-order valence-corrected chi connectivity index (χ2v) is 8.56. The van der Waals surface area contributed by atoms with Gasteiger partial charge in [-0.25, -0.2) is 0 Å². The van der Waals surface area contributed by atoms with Gasteiger partial charge < -0.3 is 40.1 Å². The van der Waals surface area contributed by atoms with Gasteiger partial charge in [0.25, 0.3) is 0 Å². The van der Waals surface area contributed by atoms with Crippen LogP contribution in [0.3, 0.4) is 0 Å². The minimum absolute atomic E-state index is 0.0109. The van der Waals surface area contributed by atoms with E-state index in [-0.39, 0.29) is 17.3 Å². The maximum Gasteiger partial charge on any atom is 0.187 e. The highest BCUT2D eigenvalue weighted by Crippen LogP contribution is 2.45. The first-order valence-corrected chi connectivity index (χ1v) is 9.50. The summed E-state index contributed by atoms with van der Waals surface area (Å²) in [5, 5.41) is 59.1. The van der Waals surface area contributed by atoms with Crippen LogP contribution in [0.4, 0.5) is 0 Å². The van der Waals surface area contributed by atoms with Crippen molar-refractivity contribution >= 4 is 0 Å². The first-order chi connectivity index (χ1) is 12.5. The molecule has 1 saturated carbocycles. The third kappa shape index (κ3) is 4.89. The molecule has 2 aliphatic rings. The van der Waals surface area contributed by atoms with E-state index >= 15 is 0 Å². The minimum atomic E-state index is -1.48. The summed E-state index contributed by atoms with van der Waals surface area (Å²) in [6, 6.07) is 0. The molecule has 0 radical (unpaired) electrons. The van der Waals surface area contributed by atoms with Gasteiger partial charge in [-0.2, -0.15) is 0 Å². The first-order valence-electron chi connectivity index (χ1n) is 9.50. The molecule has 10 atom stereocenters. The predicted molar refractivity (Wildman–Crippen MR) is 96.5 cm³/mol. The summed E-state index contributed by atoms with van der Waals surface area (Å²) in [6.07, 6.45) is -4.38. The van der Waals surface area contributed by atoms with Crippen molar-refractivity contribution in [3.63, 3.8) is 0 Å². The van der Waals surface area contributed by atoms with Crippen LogP contribution < -0.4 is 0 Å². The number of hydrogen-bond acceptors (Lipinski definition) is 8. The third-order valence-electron chi connectivity index (χ3n) is 5.92. The molecular weight excluding hydrogens is 356 g/mol. The monoisotopic (exact) mass is 390 g/mol. The summed E-state index contributed by atoms with van der Waals surface area (Å²) in [6.45, 7) is 7.20. The highest BCUT2D eigenvalue weighted by molar-refractivity contribution is 5.06. The lowest BCUT2D eigenvalue weighted by Gasteiger charge is -2.46. The number of aliphatic hydroxyl groups is 6. The van der Waals surface area contributed by atoms with Gasteiger partial charge in [0.2, 0.25) is 0 Å². The molecule has 2 fully saturated rings. The molecule has 0 spiro atoms. The molecule has 2 rings (SSSR count). The lowest BCUT2D eigenvalue weighted by atomic mass is 9.62. The van der Waals surface area contributed by atoms with Crippen LogP contribution >= 0.6 is 0 Å². The summed E-state index contributed by atoms with van der Waals surface area (Å²) in [4.78, 5) is 0. The molecule has 1 aliphatic heterocycles. The van der Waals surface area contributed by atoms with Crippen molar-refractivity contribution < 1.29 is 40.1 Å². The lowest BCUT2D eigenvalue weighted by molar-refractivity contribution is -0.306. The summed E-state index contributed by atoms with van der Waals surface area (Å²) in [5.41, 5.74) is -0.211. The van der Waals surface area contributed by atoms with Crippen molar-refractivity contribution in [2.45, 2.75) is 83.1 Å². The van der Waals surface area contributed by atoms with Gasteiger partial charge in [-0.1, -0.05) is 32.9 Å². The van der Waals surface area contributed by atoms with Gasteiger partial charge >= 0.3 is 0 Å². The Hall–Kier alpha value is -0.580. The Bertz CT molecular complexity index is 508. The van der Waals surface area contributed by atoms with Gasteiger partial charge in [-0.3, -0.25) is 0 Å². The van der Waals surface area contributed by atoms with Crippen LogP contribution in [0.2, 0.25) is 0 Å². The Balaban J connectivity index is 2.02. The largest absolute Gasteiger partial charge is 0.394 e. The molecule has 8 heteroatoms. The number of ether oxygens (including phenoxy) is 2. The van der Waals surface area contributed by atoms with Crippen molar-refractivity contribution in [3.8, 4) is 0 Å². The summed E-state index contributed by atoms with van der Waals surface area (Å²) < 4.78 is 11.0. The normalized spacial score (nSPS) is 46.5. The third-order valence-corrected chi connectivity index (χ3v) is 5.92. The minimum Gasteiger partial charge on any atom is -0.394 e. The zero-order valence-corrected chi connectivity index (χ0v) is 16.3. The van der Waals surface area contributed by atoms with E-state index in [0.29, 0.717) is 6.42 Å². The Morgan fingerprint density at radius 3 is 2.30 bits per heavy atom. The van der Waals surface area contributed by atoms with Crippen molar-refractivity contribution in [1.29, 1.82) is 0 Å². The maximum absolute atomic E-state index is 10.2. The van der Waals surface area contributed by atoms with Crippen LogP contribution in [-0.4, -0.2) is 86.3 Å². The van der Waals surface area contributed by atoms with Crippen LogP contribution in [0.25, 0.3) is 0 Å². The van der Waals surface area contributed by atoms with Crippen LogP contribution in [0.5, 0.6) is 0 Å². The molecule has 8 nitrogen and oxygen atoms in total. The van der Waals surface area contributed by atoms with E-state index in [0.717, 1.165) is 0 Å². The molecule has 0 aromatic heterocycles. The SMILES string of the molecule is CC(/C=C/C1C(C)C(O)C(O)CC1(C)C)OC1OC(CO)C(O)C(O)C1O. The topological polar surface area (TPSA) is 140 Å². The Morgan fingerprint density at radius 2 is 1.70 bits per heavy atom. The fourth-order valence-electron chi connectivity index (χ4n) is 4.22. The Kier molecular flexibility index (Phi) is 7.43. The van der Waals surface area contributed by atoms with Crippen LogP contribution in [0.15, 0.2) is 12.2 Å². The highest BCUT2D eigenvalue weighted by atomic mass is 16.7. The van der Waals surface area contributed by atoms with Gasteiger partial charge in [0.15, 0.2) is 6.29 Å². The maximum atomic E-state index is 10.2. The van der Waals surface area contributed by atoms with Crippen LogP contribution in [-0.2, 0) is 9.47 Å². The van der Waals surface area contributed by atoms with E-state index in [1.54, 1.807) is 13.0 Å². The molecule has 27 heavy (non-hydrogen) atoms. The average Bonchev–Trinajstić information content (AvgIpc) is 2.59. The summed E-state index contributed by atoms with van der Waals surface area (Å²) in [7, 11) is 0. The lowest BCUT2D eigenvalue weighted by Crippen LogP contribution is -2.59. The molecule has 0 aromatic carbocycles. The molecule has 1 aliphatic carbocycles. The van der Waals surface area contributed by atoms with E-state index in [1.807, 2.05) is 26.8 Å². The van der Waals surface area contributed by atoms with Gasteiger partial charge in [0, 0.05) is 0 Å². The fourth-order valence-corrected chi connectivity index (χ4v) is 4.22. The van der Waals surface area contributed by atoms with E-state index in [1.165, 1.54) is 0 Å². The molecule has 1 saturated heterocycles. The number of aliphatic hydroxyl groups excluding tert-OH is 6. The number of rotatable bonds is 5. The second-order valence-electron chi connectivity index (χ2n) is 8.56. The summed E-state index contributed by atoms with van der Waals surface area (Å²) in [5.74, 6) is -0.129. The van der Waals surface area contributed by atoms with E-state index in [2.05, 4.69) is 0 Å². The van der Waals surface area contributed by atoms with E-state index in [9.17, 15) is 30.6 Å². The van der Waals surface area contributed by atoms with E-state index < -0.39 is 55.6 Å². The van der Waals surface area contributed by atoms with Gasteiger partial charge in [0.05, 0.1) is 24.9 Å². The summed E-state index contributed by atoms with van der Waals surface area (Å²) >= 11 is 0. The molecule has 0 amide bonds. The standard InChI is InChI=1S/C19H34O8/c1-9(26-18-17(25)16(24)15(23)13(8-20)27-18)5-6-11-10(2)14(22)12(21)7-19(11,3)4/h5-6,9-18,20-25H,7-8H2,1-4H3/b6-5+. The second kappa shape index (κ2) is 8.84. The quantitative estimate of drug-likeness (QED) is 0.334. The molecule has 6 N–H and O–H groups in total. The Labute approximate surface area is 160 Å². The molecule has 0 aromatic rings. The number of allylic oxidation sites excluding steroid dienone is 1. The van der Waals surface area contributed by atoms with E-state index in [4.69, 9.17) is 9.47 Å². The zero-order chi connectivity index (χ0) is 20.5. The van der Waals surface area contributed by atoms with Crippen molar-refractivity contribution in [3.05, 3.63) is 12.2 Å². The zero-order valence-electron chi connectivity index (χ0n) is 16.3. The molecule has 158 valence electrons. The molecule has 0 bridgehead atoms. The Morgan fingerprint density at radius 1 is 1.07 bits per heavy atom. The molecular formula is C19H34O8. The fraction of sp³-hybridized carbons (Fsp3) is 0.895. The van der Waals surface area contributed by atoms with Crippen LogP contribution in [0.1, 0.15) is 34.1 Å². The molecule has 10 unspecified atom stereocenters. The number of hydrogen-bond donors (Lipinski definition) is 6. The average molecular weight is 390 g/mol. The highest BCUT2D eigenvalue weighted by Gasteiger charge is 2.45. The van der Waals surface area contributed by atoms with Crippen LogP contribution in [0, 0.1) is 17.3 Å². The van der Waals surface area contributed by atoms with Crippen molar-refractivity contribution in [2.24, 2.45) is 17.3 Å². The van der Waals surface area contributed by atoms with Crippen molar-refractivity contribution in [2.75, 3.05) is 6.61 Å². The molecule has 1 heterocycles. The van der Waals surface area contributed by atoms with Gasteiger partial charge in [-0.05, 0) is 30.6 Å². The van der Waals surface area contributed by atoms with Gasteiger partial charge in [-0.15, -0.1) is 0 Å². The predicted octanol–water partition coefficient (Wildman–Crippen LogP) is -0.848. The van der Waals surface area contributed by atoms with Gasteiger partial charge in [0.1, 0.15) is 24.4 Å². The van der Waals surface area contributed by atoms with Crippen molar-refractivity contribution in [1.82, 2.24) is 0 Å².